The summed E-state index contributed by atoms with van der Waals surface area (Å²) in [5, 5.41) is 15.0. The fourth-order valence-corrected chi connectivity index (χ4v) is 3.85. The number of alkyl halides is 3. The van der Waals surface area contributed by atoms with E-state index in [0.29, 0.717) is 47.2 Å². The number of amides is 1. The van der Waals surface area contributed by atoms with Gasteiger partial charge in [0.15, 0.2) is 0 Å². The number of hydrogen-bond donors (Lipinski definition) is 0. The lowest BCUT2D eigenvalue weighted by Crippen LogP contribution is -2.27. The molecule has 1 aliphatic rings. The Labute approximate surface area is 170 Å². The maximum absolute atomic E-state index is 12.9. The van der Waals surface area contributed by atoms with Gasteiger partial charge in [-0.25, -0.2) is 0 Å². The van der Waals surface area contributed by atoms with Crippen LogP contribution < -0.4 is 0 Å². The highest BCUT2D eigenvalue weighted by molar-refractivity contribution is 5.96. The number of nitriles is 1. The Morgan fingerprint density at radius 3 is 2.60 bits per heavy atom. The molecule has 0 saturated carbocycles. The van der Waals surface area contributed by atoms with E-state index in [1.54, 1.807) is 27.8 Å². The second-order valence-corrected chi connectivity index (χ2v) is 7.11. The average Bonchev–Trinajstić information content (AvgIpc) is 3.37. The molecule has 0 aliphatic carbocycles. The molecule has 1 fully saturated rings. The molecule has 0 radical (unpaired) electrons. The van der Waals surface area contributed by atoms with Gasteiger partial charge in [-0.3, -0.25) is 9.48 Å². The average molecular weight is 410 g/mol. The van der Waals surface area contributed by atoms with Crippen molar-refractivity contribution in [3.05, 3.63) is 66.2 Å². The molecule has 0 spiro atoms. The molecule has 3 aromatic rings. The zero-order valence-corrected chi connectivity index (χ0v) is 15.9. The minimum atomic E-state index is -4.42. The van der Waals surface area contributed by atoms with Crippen LogP contribution in [0, 0.1) is 11.3 Å². The molecule has 1 amide bonds. The van der Waals surface area contributed by atoms with Gasteiger partial charge in [0.05, 0.1) is 22.7 Å². The number of fused-ring (bicyclic) bond motifs is 1. The van der Waals surface area contributed by atoms with Crippen molar-refractivity contribution in [1.29, 1.82) is 5.26 Å². The van der Waals surface area contributed by atoms with Gasteiger partial charge >= 0.3 is 6.18 Å². The highest BCUT2D eigenvalue weighted by Crippen LogP contribution is 2.36. The zero-order valence-electron chi connectivity index (χ0n) is 15.9. The Balaban J connectivity index is 1.82. The van der Waals surface area contributed by atoms with Crippen molar-refractivity contribution < 1.29 is 18.0 Å². The molecule has 1 aromatic heterocycles. The molecule has 30 heavy (non-hydrogen) atoms. The summed E-state index contributed by atoms with van der Waals surface area (Å²) >= 11 is 0. The number of carbonyl (C=O) groups is 1. The molecule has 152 valence electrons. The summed E-state index contributed by atoms with van der Waals surface area (Å²) in [6.45, 7) is 4.48. The van der Waals surface area contributed by atoms with Gasteiger partial charge in [0.2, 0.25) is 5.91 Å². The third-order valence-corrected chi connectivity index (χ3v) is 5.33. The molecule has 0 N–H and O–H groups in total. The molecule has 5 nitrogen and oxygen atoms in total. The number of halogens is 3. The van der Waals surface area contributed by atoms with E-state index in [0.717, 1.165) is 12.1 Å². The summed E-state index contributed by atoms with van der Waals surface area (Å²) in [5.74, 6) is -0.169. The third-order valence-electron chi connectivity index (χ3n) is 5.33. The van der Waals surface area contributed by atoms with Crippen LogP contribution in [-0.2, 0) is 11.0 Å². The van der Waals surface area contributed by atoms with Crippen LogP contribution in [0.3, 0.4) is 0 Å². The van der Waals surface area contributed by atoms with Crippen LogP contribution in [0.4, 0.5) is 13.2 Å². The molecule has 1 unspecified atom stereocenters. The van der Waals surface area contributed by atoms with E-state index in [9.17, 15) is 23.2 Å². The number of rotatable bonds is 3. The van der Waals surface area contributed by atoms with Gasteiger partial charge in [-0.15, -0.1) is 0 Å². The molecular formula is C22H17F3N4O. The summed E-state index contributed by atoms with van der Waals surface area (Å²) in [5.41, 5.74) is 1.34. The number of benzene rings is 2. The van der Waals surface area contributed by atoms with E-state index in [1.807, 2.05) is 0 Å². The molecule has 8 heteroatoms. The van der Waals surface area contributed by atoms with Gasteiger partial charge in [-0.05, 0) is 30.7 Å². The minimum absolute atomic E-state index is 0.144. The predicted octanol–water partition coefficient (Wildman–Crippen LogP) is 4.55. The summed E-state index contributed by atoms with van der Waals surface area (Å²) in [7, 11) is 0. The predicted molar refractivity (Wildman–Crippen MR) is 105 cm³/mol. The number of hydrogen-bond acceptors (Lipinski definition) is 3. The Morgan fingerprint density at radius 1 is 1.23 bits per heavy atom. The molecular weight excluding hydrogens is 393 g/mol. The lowest BCUT2D eigenvalue weighted by atomic mass is 10.0. The van der Waals surface area contributed by atoms with Crippen LogP contribution in [0.15, 0.2) is 55.1 Å². The number of para-hydroxylation sites is 1. The van der Waals surface area contributed by atoms with E-state index >= 15 is 0 Å². The van der Waals surface area contributed by atoms with Gasteiger partial charge in [-0.1, -0.05) is 30.8 Å². The van der Waals surface area contributed by atoms with Crippen LogP contribution in [0.25, 0.3) is 22.2 Å². The molecule has 1 atom stereocenters. The summed E-state index contributed by atoms with van der Waals surface area (Å²) in [6, 6.07) is 12.0. The monoisotopic (exact) mass is 410 g/mol. The van der Waals surface area contributed by atoms with Gasteiger partial charge in [0.25, 0.3) is 0 Å². The van der Waals surface area contributed by atoms with Gasteiger partial charge in [-0.2, -0.15) is 23.5 Å². The Bertz CT molecular complexity index is 1170. The van der Waals surface area contributed by atoms with Crippen molar-refractivity contribution in [2.45, 2.75) is 18.6 Å². The Kier molecular flexibility index (Phi) is 4.82. The van der Waals surface area contributed by atoms with Crippen LogP contribution in [0.1, 0.15) is 23.6 Å². The van der Waals surface area contributed by atoms with E-state index in [2.05, 4.69) is 17.7 Å². The molecule has 2 heterocycles. The van der Waals surface area contributed by atoms with Crippen molar-refractivity contribution in [1.82, 2.24) is 14.7 Å². The highest BCUT2D eigenvalue weighted by Gasteiger charge is 2.31. The Morgan fingerprint density at radius 2 is 1.97 bits per heavy atom. The number of likely N-dealkylation sites (tertiary alicyclic amines) is 1. The topological polar surface area (TPSA) is 61.9 Å². The largest absolute Gasteiger partial charge is 0.416 e. The van der Waals surface area contributed by atoms with Crippen LogP contribution in [-0.4, -0.2) is 33.7 Å². The molecule has 1 saturated heterocycles. The smallest absolute Gasteiger partial charge is 0.337 e. The summed E-state index contributed by atoms with van der Waals surface area (Å²) in [6.07, 6.45) is -2.50. The SMILES string of the molecule is C=CC(=O)N1CCC(n2nc(-c3ccc(C(F)(F)F)cc3)c3cccc(C#N)c32)C1. The van der Waals surface area contributed by atoms with Crippen molar-refractivity contribution >= 4 is 16.8 Å². The maximum Gasteiger partial charge on any atom is 0.416 e. The van der Waals surface area contributed by atoms with Crippen LogP contribution in [0.2, 0.25) is 0 Å². The fourth-order valence-electron chi connectivity index (χ4n) is 3.85. The fraction of sp³-hybridized carbons (Fsp3) is 0.227. The van der Waals surface area contributed by atoms with Crippen molar-refractivity contribution in [2.24, 2.45) is 0 Å². The summed E-state index contributed by atoms with van der Waals surface area (Å²) in [4.78, 5) is 13.6. The van der Waals surface area contributed by atoms with Gasteiger partial charge < -0.3 is 4.90 Å². The number of carbonyl (C=O) groups excluding carboxylic acids is 1. The second-order valence-electron chi connectivity index (χ2n) is 7.11. The zero-order chi connectivity index (χ0) is 21.5. The maximum atomic E-state index is 12.9. The standard InChI is InChI=1S/C22H17F3N4O/c1-2-19(30)28-11-10-17(13-28)29-21-15(12-26)4-3-5-18(21)20(27-29)14-6-8-16(9-7-14)22(23,24)25/h2-9,17H,1,10-11,13H2. The van der Waals surface area contributed by atoms with E-state index < -0.39 is 11.7 Å². The van der Waals surface area contributed by atoms with Crippen molar-refractivity contribution in [3.63, 3.8) is 0 Å². The lowest BCUT2D eigenvalue weighted by Gasteiger charge is -2.15. The Hall–Kier alpha value is -3.60. The first kappa shape index (κ1) is 19.7. The second kappa shape index (κ2) is 7.34. The van der Waals surface area contributed by atoms with E-state index in [4.69, 9.17) is 0 Å². The minimum Gasteiger partial charge on any atom is -0.337 e. The third kappa shape index (κ3) is 3.32. The first-order chi connectivity index (χ1) is 14.3. The molecule has 2 aromatic carbocycles. The molecule has 4 rings (SSSR count). The van der Waals surface area contributed by atoms with E-state index in [-0.39, 0.29) is 11.9 Å². The first-order valence-electron chi connectivity index (χ1n) is 9.33. The lowest BCUT2D eigenvalue weighted by molar-refractivity contribution is -0.137. The normalized spacial score (nSPS) is 16.6. The van der Waals surface area contributed by atoms with Gasteiger partial charge in [0, 0.05) is 24.0 Å². The quantitative estimate of drug-likeness (QED) is 0.595. The van der Waals surface area contributed by atoms with Crippen LogP contribution in [0.5, 0.6) is 0 Å². The molecule has 1 aliphatic heterocycles. The van der Waals surface area contributed by atoms with E-state index in [1.165, 1.54) is 18.2 Å². The number of nitrogens with zero attached hydrogens (tertiary/aromatic N) is 4. The van der Waals surface area contributed by atoms with Gasteiger partial charge in [0.1, 0.15) is 11.8 Å². The molecule has 0 bridgehead atoms. The summed E-state index contributed by atoms with van der Waals surface area (Å²) < 4.78 is 40.5. The number of aromatic nitrogens is 2. The highest BCUT2D eigenvalue weighted by atomic mass is 19.4. The first-order valence-corrected chi connectivity index (χ1v) is 9.33. The van der Waals surface area contributed by atoms with Crippen molar-refractivity contribution in [2.75, 3.05) is 13.1 Å². The van der Waals surface area contributed by atoms with Crippen LogP contribution >= 0.6 is 0 Å². The van der Waals surface area contributed by atoms with Crippen molar-refractivity contribution in [3.8, 4) is 17.3 Å².